The van der Waals surface area contributed by atoms with Crippen LogP contribution in [0.25, 0.3) is 11.3 Å². The van der Waals surface area contributed by atoms with E-state index in [-0.39, 0.29) is 24.8 Å². The van der Waals surface area contributed by atoms with Crippen LogP contribution in [0.1, 0.15) is 16.1 Å². The van der Waals surface area contributed by atoms with Gasteiger partial charge in [-0.25, -0.2) is 0 Å². The van der Waals surface area contributed by atoms with Crippen LogP contribution in [-0.4, -0.2) is 28.8 Å². The Bertz CT molecular complexity index is 1080. The fourth-order valence-corrected chi connectivity index (χ4v) is 2.64. The van der Waals surface area contributed by atoms with Gasteiger partial charge in [-0.3, -0.25) is 9.48 Å². The van der Waals surface area contributed by atoms with Crippen molar-refractivity contribution in [3.05, 3.63) is 71.9 Å². The summed E-state index contributed by atoms with van der Waals surface area (Å²) in [5.74, 6) is 5.10. The minimum Gasteiger partial charge on any atom is -0.481 e. The summed E-state index contributed by atoms with van der Waals surface area (Å²) in [6.45, 7) is -0.0301. The minimum absolute atomic E-state index is 0.0661. The molecule has 0 radical (unpaired) electrons. The highest BCUT2D eigenvalue weighted by Gasteiger charge is 2.30. The molecule has 0 bridgehead atoms. The van der Waals surface area contributed by atoms with E-state index in [1.54, 1.807) is 13.1 Å². The lowest BCUT2D eigenvalue weighted by Crippen LogP contribution is -2.25. The zero-order chi connectivity index (χ0) is 21.6. The fourth-order valence-electron chi connectivity index (χ4n) is 2.64. The maximum absolute atomic E-state index is 12.7. The van der Waals surface area contributed by atoms with Crippen LogP contribution < -0.4 is 10.1 Å². The van der Waals surface area contributed by atoms with E-state index in [0.29, 0.717) is 11.4 Å². The number of benzene rings is 2. The van der Waals surface area contributed by atoms with Gasteiger partial charge in [-0.1, -0.05) is 48.2 Å². The van der Waals surface area contributed by atoms with E-state index in [4.69, 9.17) is 4.74 Å². The Labute approximate surface area is 171 Å². The number of halogens is 3. The van der Waals surface area contributed by atoms with Crippen LogP contribution in [0.2, 0.25) is 0 Å². The standard InChI is InChI=1S/C22H18F3N3O2/c1-28-20(15-19(27-28)16-8-3-2-4-9-16)21(29)26-12-5-6-13-30-18-11-7-10-17(14-18)22(23,24)25/h2-4,7-11,14-15H,12-13H2,1H3,(H,26,29). The molecule has 154 valence electrons. The zero-order valence-corrected chi connectivity index (χ0v) is 16.0. The summed E-state index contributed by atoms with van der Waals surface area (Å²) in [5.41, 5.74) is 1.18. The number of hydrogen-bond donors (Lipinski definition) is 1. The van der Waals surface area contributed by atoms with Gasteiger partial charge in [0.05, 0.1) is 17.8 Å². The molecule has 0 aliphatic heterocycles. The second-order valence-corrected chi connectivity index (χ2v) is 6.25. The molecule has 1 N–H and O–H groups in total. The summed E-state index contributed by atoms with van der Waals surface area (Å²) in [6, 6.07) is 15.7. The van der Waals surface area contributed by atoms with Gasteiger partial charge < -0.3 is 10.1 Å². The molecule has 0 unspecified atom stereocenters. The van der Waals surface area contributed by atoms with Crippen molar-refractivity contribution in [2.75, 3.05) is 13.2 Å². The Morgan fingerprint density at radius 3 is 2.60 bits per heavy atom. The van der Waals surface area contributed by atoms with Crippen LogP contribution in [0.15, 0.2) is 60.7 Å². The predicted octanol–water partition coefficient (Wildman–Crippen LogP) is 3.92. The molecule has 1 aromatic heterocycles. The van der Waals surface area contributed by atoms with E-state index in [2.05, 4.69) is 22.3 Å². The Morgan fingerprint density at radius 1 is 1.10 bits per heavy atom. The van der Waals surface area contributed by atoms with E-state index >= 15 is 0 Å². The van der Waals surface area contributed by atoms with Crippen molar-refractivity contribution in [2.45, 2.75) is 6.18 Å². The van der Waals surface area contributed by atoms with Crippen molar-refractivity contribution in [3.8, 4) is 28.8 Å². The van der Waals surface area contributed by atoms with Gasteiger partial charge in [0.25, 0.3) is 5.91 Å². The third-order valence-electron chi connectivity index (χ3n) is 4.12. The van der Waals surface area contributed by atoms with Crippen molar-refractivity contribution in [3.63, 3.8) is 0 Å². The minimum atomic E-state index is -4.43. The average molecular weight is 413 g/mol. The van der Waals surface area contributed by atoms with Crippen LogP contribution in [0.5, 0.6) is 5.75 Å². The normalized spacial score (nSPS) is 10.8. The summed E-state index contributed by atoms with van der Waals surface area (Å²) in [4.78, 5) is 12.3. The van der Waals surface area contributed by atoms with Gasteiger partial charge in [0.1, 0.15) is 18.1 Å². The molecule has 1 heterocycles. The molecule has 5 nitrogen and oxygen atoms in total. The fraction of sp³-hybridized carbons (Fsp3) is 0.182. The smallest absolute Gasteiger partial charge is 0.416 e. The number of carbonyl (C=O) groups is 1. The number of ether oxygens (including phenoxy) is 1. The van der Waals surface area contributed by atoms with Gasteiger partial charge in [0, 0.05) is 12.6 Å². The SMILES string of the molecule is Cn1nc(-c2ccccc2)cc1C(=O)NCC#CCOc1cccc(C(F)(F)F)c1. The van der Waals surface area contributed by atoms with Crippen molar-refractivity contribution in [1.82, 2.24) is 15.1 Å². The first kappa shape index (κ1) is 21.0. The number of aromatic nitrogens is 2. The van der Waals surface area contributed by atoms with Crippen LogP contribution in [-0.2, 0) is 13.2 Å². The molecule has 0 saturated carbocycles. The van der Waals surface area contributed by atoms with Gasteiger partial charge in [0.15, 0.2) is 0 Å². The zero-order valence-electron chi connectivity index (χ0n) is 16.0. The molecule has 0 fully saturated rings. The van der Waals surface area contributed by atoms with E-state index in [1.807, 2.05) is 30.3 Å². The molecule has 3 rings (SSSR count). The maximum atomic E-state index is 12.7. The number of nitrogens with zero attached hydrogens (tertiary/aromatic N) is 2. The quantitative estimate of drug-likeness (QED) is 0.645. The molecule has 1 amide bonds. The average Bonchev–Trinajstić information content (AvgIpc) is 3.12. The number of carbonyl (C=O) groups excluding carboxylic acids is 1. The largest absolute Gasteiger partial charge is 0.481 e. The molecule has 0 saturated heterocycles. The summed E-state index contributed by atoms with van der Waals surface area (Å²) in [7, 11) is 1.68. The summed E-state index contributed by atoms with van der Waals surface area (Å²) >= 11 is 0. The lowest BCUT2D eigenvalue weighted by Gasteiger charge is -2.08. The van der Waals surface area contributed by atoms with Crippen molar-refractivity contribution in [2.24, 2.45) is 7.05 Å². The molecule has 0 aliphatic rings. The van der Waals surface area contributed by atoms with E-state index < -0.39 is 11.7 Å². The monoisotopic (exact) mass is 413 g/mol. The lowest BCUT2D eigenvalue weighted by molar-refractivity contribution is -0.137. The molecule has 0 aliphatic carbocycles. The van der Waals surface area contributed by atoms with Gasteiger partial charge in [0.2, 0.25) is 0 Å². The molecule has 0 spiro atoms. The molecular weight excluding hydrogens is 395 g/mol. The first-order chi connectivity index (χ1) is 14.3. The molecule has 8 heteroatoms. The van der Waals surface area contributed by atoms with Crippen LogP contribution in [0.4, 0.5) is 13.2 Å². The summed E-state index contributed by atoms with van der Waals surface area (Å²) in [5, 5.41) is 6.99. The Morgan fingerprint density at radius 2 is 1.87 bits per heavy atom. The van der Waals surface area contributed by atoms with Crippen LogP contribution >= 0.6 is 0 Å². The van der Waals surface area contributed by atoms with E-state index in [0.717, 1.165) is 17.7 Å². The highest BCUT2D eigenvalue weighted by Crippen LogP contribution is 2.31. The summed E-state index contributed by atoms with van der Waals surface area (Å²) < 4.78 is 44.7. The highest BCUT2D eigenvalue weighted by atomic mass is 19.4. The number of hydrogen-bond acceptors (Lipinski definition) is 3. The summed E-state index contributed by atoms with van der Waals surface area (Å²) in [6.07, 6.45) is -4.43. The first-order valence-corrected chi connectivity index (χ1v) is 8.98. The molecule has 2 aromatic carbocycles. The number of aryl methyl sites for hydroxylation is 1. The van der Waals surface area contributed by atoms with Gasteiger partial charge in [-0.15, -0.1) is 0 Å². The van der Waals surface area contributed by atoms with Crippen molar-refractivity contribution in [1.29, 1.82) is 0 Å². The highest BCUT2D eigenvalue weighted by molar-refractivity contribution is 5.93. The Balaban J connectivity index is 1.50. The lowest BCUT2D eigenvalue weighted by atomic mass is 10.1. The second kappa shape index (κ2) is 9.18. The molecular formula is C22H18F3N3O2. The van der Waals surface area contributed by atoms with Crippen molar-refractivity contribution >= 4 is 5.91 Å². The van der Waals surface area contributed by atoms with Gasteiger partial charge in [-0.05, 0) is 24.3 Å². The second-order valence-electron chi connectivity index (χ2n) is 6.25. The third kappa shape index (κ3) is 5.41. The third-order valence-corrected chi connectivity index (χ3v) is 4.12. The number of rotatable bonds is 5. The first-order valence-electron chi connectivity index (χ1n) is 8.98. The van der Waals surface area contributed by atoms with Crippen LogP contribution in [0.3, 0.4) is 0 Å². The maximum Gasteiger partial charge on any atom is 0.416 e. The van der Waals surface area contributed by atoms with E-state index in [9.17, 15) is 18.0 Å². The number of alkyl halides is 3. The van der Waals surface area contributed by atoms with Crippen LogP contribution in [0, 0.1) is 11.8 Å². The van der Waals surface area contributed by atoms with E-state index in [1.165, 1.54) is 16.8 Å². The predicted molar refractivity (Wildman–Crippen MR) is 106 cm³/mol. The topological polar surface area (TPSA) is 56.2 Å². The molecule has 30 heavy (non-hydrogen) atoms. The number of amides is 1. The van der Waals surface area contributed by atoms with Gasteiger partial charge in [-0.2, -0.15) is 18.3 Å². The van der Waals surface area contributed by atoms with Crippen molar-refractivity contribution < 1.29 is 22.7 Å². The Hall–Kier alpha value is -3.73. The Kier molecular flexibility index (Phi) is 6.42. The number of nitrogens with one attached hydrogen (secondary N) is 1. The molecule has 0 atom stereocenters. The van der Waals surface area contributed by atoms with Gasteiger partial charge >= 0.3 is 6.18 Å². The molecule has 3 aromatic rings.